The Bertz CT molecular complexity index is 1770. The van der Waals surface area contributed by atoms with Crippen LogP contribution >= 0.6 is 0 Å². The van der Waals surface area contributed by atoms with E-state index < -0.39 is 11.7 Å². The third-order valence-electron chi connectivity index (χ3n) is 7.24. The number of halogens is 3. The third-order valence-corrected chi connectivity index (χ3v) is 7.24. The zero-order valence-electron chi connectivity index (χ0n) is 23.9. The van der Waals surface area contributed by atoms with Crippen LogP contribution < -0.4 is 20.7 Å². The van der Waals surface area contributed by atoms with Gasteiger partial charge in [-0.05, 0) is 61.0 Å². The van der Waals surface area contributed by atoms with E-state index >= 15 is 0 Å². The molecule has 1 saturated heterocycles. The molecule has 4 aromatic rings. The van der Waals surface area contributed by atoms with Gasteiger partial charge in [-0.1, -0.05) is 18.2 Å². The maximum atomic E-state index is 13.4. The molecule has 9 nitrogen and oxygen atoms in total. The highest BCUT2D eigenvalue weighted by atomic mass is 19.4. The maximum Gasteiger partial charge on any atom is 0.416 e. The number of carbonyl (C=O) groups excluding carboxylic acids is 2. The molecule has 222 valence electrons. The van der Waals surface area contributed by atoms with Crippen LogP contribution in [0.5, 0.6) is 0 Å². The number of nitrogens with one attached hydrogen (secondary N) is 1. The first kappa shape index (κ1) is 29.4. The first-order valence-corrected chi connectivity index (χ1v) is 13.4. The summed E-state index contributed by atoms with van der Waals surface area (Å²) in [6, 6.07) is 16.3. The van der Waals surface area contributed by atoms with Gasteiger partial charge in [0.1, 0.15) is 0 Å². The maximum absolute atomic E-state index is 13.4. The average molecular weight is 591 g/mol. The minimum atomic E-state index is -4.46. The third kappa shape index (κ3) is 5.81. The number of amides is 3. The van der Waals surface area contributed by atoms with E-state index in [1.807, 2.05) is 13.0 Å². The van der Waals surface area contributed by atoms with E-state index in [2.05, 4.69) is 10.3 Å². The van der Waals surface area contributed by atoms with Crippen molar-refractivity contribution in [1.29, 1.82) is 0 Å². The van der Waals surface area contributed by atoms with Crippen molar-refractivity contribution in [2.24, 2.45) is 7.05 Å². The molecule has 0 saturated carbocycles. The summed E-state index contributed by atoms with van der Waals surface area (Å²) in [4.78, 5) is 47.8. The quantitative estimate of drug-likeness (QED) is 0.313. The van der Waals surface area contributed by atoms with Gasteiger partial charge in [-0.25, -0.2) is 9.78 Å². The van der Waals surface area contributed by atoms with Gasteiger partial charge in [0.25, 0.3) is 11.5 Å². The van der Waals surface area contributed by atoms with Crippen LogP contribution in [0.3, 0.4) is 0 Å². The van der Waals surface area contributed by atoms with Crippen molar-refractivity contribution in [2.45, 2.75) is 13.1 Å². The topological polar surface area (TPSA) is 90.8 Å². The van der Waals surface area contributed by atoms with E-state index in [1.165, 1.54) is 26.5 Å². The second-order valence-electron chi connectivity index (χ2n) is 10.4. The summed E-state index contributed by atoms with van der Waals surface area (Å²) in [6.07, 6.45) is -2.86. The second kappa shape index (κ2) is 11.3. The number of anilines is 4. The standard InChI is InChI=1S/C31H29F3N6O3/c1-19-24(25-18-38(4)29(42)27(36-25)35-22-8-5-7-20(17-22)28(41)37(2)3)9-6-10-26(19)40-16-15-39(30(40)43)23-13-11-21(12-14-23)31(32,33)34/h5-14,17-18H,15-16H2,1-4H3,(H,35,36). The lowest BCUT2D eigenvalue weighted by Gasteiger charge is -2.22. The number of aromatic nitrogens is 2. The summed E-state index contributed by atoms with van der Waals surface area (Å²) in [5.41, 5.74) is 2.72. The first-order valence-electron chi connectivity index (χ1n) is 13.4. The van der Waals surface area contributed by atoms with Crippen LogP contribution in [0.1, 0.15) is 21.5 Å². The van der Waals surface area contributed by atoms with Crippen molar-refractivity contribution in [1.82, 2.24) is 14.5 Å². The van der Waals surface area contributed by atoms with Gasteiger partial charge >= 0.3 is 12.2 Å². The van der Waals surface area contributed by atoms with Gasteiger partial charge in [0.2, 0.25) is 0 Å². The number of rotatable bonds is 6. The SMILES string of the molecule is Cc1c(-c2cn(C)c(=O)c(Nc3cccc(C(=O)N(C)C)c3)n2)cccc1N1CCN(c2ccc(C(F)(F)F)cc2)C1=O. The number of hydrogen-bond donors (Lipinski definition) is 1. The van der Waals surface area contributed by atoms with Crippen molar-refractivity contribution >= 4 is 34.8 Å². The summed E-state index contributed by atoms with van der Waals surface area (Å²) in [7, 11) is 4.92. The highest BCUT2D eigenvalue weighted by Crippen LogP contribution is 2.35. The predicted octanol–water partition coefficient (Wildman–Crippen LogP) is 5.67. The van der Waals surface area contributed by atoms with Crippen molar-refractivity contribution < 1.29 is 22.8 Å². The molecule has 2 heterocycles. The van der Waals surface area contributed by atoms with Crippen LogP contribution in [0, 0.1) is 6.92 Å². The molecule has 0 unspecified atom stereocenters. The predicted molar refractivity (Wildman–Crippen MR) is 159 cm³/mol. The molecule has 0 bridgehead atoms. The Morgan fingerprint density at radius 3 is 2.30 bits per heavy atom. The highest BCUT2D eigenvalue weighted by Gasteiger charge is 2.34. The molecule has 1 N–H and O–H groups in total. The van der Waals surface area contributed by atoms with Gasteiger partial charge in [0, 0.05) is 68.6 Å². The van der Waals surface area contributed by atoms with Crippen molar-refractivity contribution in [3.63, 3.8) is 0 Å². The lowest BCUT2D eigenvalue weighted by molar-refractivity contribution is -0.137. The average Bonchev–Trinajstić information content (AvgIpc) is 3.35. The number of carbonyl (C=O) groups is 2. The second-order valence-corrected chi connectivity index (χ2v) is 10.4. The van der Waals surface area contributed by atoms with Crippen molar-refractivity contribution in [2.75, 3.05) is 42.3 Å². The smallest absolute Gasteiger partial charge is 0.345 e. The van der Waals surface area contributed by atoms with Gasteiger partial charge in [0.15, 0.2) is 5.82 Å². The molecule has 1 aromatic heterocycles. The number of alkyl halides is 3. The van der Waals surface area contributed by atoms with E-state index in [-0.39, 0.29) is 23.3 Å². The van der Waals surface area contributed by atoms with E-state index in [4.69, 9.17) is 0 Å². The zero-order valence-corrected chi connectivity index (χ0v) is 23.9. The normalized spacial score (nSPS) is 13.4. The van der Waals surface area contributed by atoms with Gasteiger partial charge in [-0.2, -0.15) is 13.2 Å². The molecule has 43 heavy (non-hydrogen) atoms. The molecule has 5 rings (SSSR count). The fourth-order valence-corrected chi connectivity index (χ4v) is 4.97. The molecule has 1 aliphatic rings. The molecule has 0 atom stereocenters. The van der Waals surface area contributed by atoms with Crippen molar-refractivity contribution in [3.05, 3.63) is 100.0 Å². The van der Waals surface area contributed by atoms with E-state index in [9.17, 15) is 27.6 Å². The molecule has 0 spiro atoms. The molecule has 0 aliphatic carbocycles. The highest BCUT2D eigenvalue weighted by molar-refractivity contribution is 6.07. The van der Waals surface area contributed by atoms with Crippen LogP contribution in [0.4, 0.5) is 40.8 Å². The van der Waals surface area contributed by atoms with Gasteiger partial charge < -0.3 is 14.8 Å². The van der Waals surface area contributed by atoms with Crippen LogP contribution in [0.2, 0.25) is 0 Å². The van der Waals surface area contributed by atoms with E-state index in [0.29, 0.717) is 47.0 Å². The van der Waals surface area contributed by atoms with Gasteiger partial charge in [0.05, 0.1) is 11.3 Å². The van der Waals surface area contributed by atoms with Gasteiger partial charge in [-0.15, -0.1) is 0 Å². The lowest BCUT2D eigenvalue weighted by atomic mass is 10.0. The summed E-state index contributed by atoms with van der Waals surface area (Å²) < 4.78 is 40.4. The largest absolute Gasteiger partial charge is 0.416 e. The minimum Gasteiger partial charge on any atom is -0.345 e. The molecule has 1 fully saturated rings. The minimum absolute atomic E-state index is 0.0602. The number of nitrogens with zero attached hydrogens (tertiary/aromatic N) is 5. The van der Waals surface area contributed by atoms with Gasteiger partial charge in [-0.3, -0.25) is 19.4 Å². The molecule has 3 aromatic carbocycles. The summed E-state index contributed by atoms with van der Waals surface area (Å²) in [6.45, 7) is 2.48. The Hall–Kier alpha value is -5.13. The Morgan fingerprint density at radius 1 is 0.953 bits per heavy atom. The molecule has 1 aliphatic heterocycles. The van der Waals surface area contributed by atoms with E-state index in [1.54, 1.807) is 68.6 Å². The Kier molecular flexibility index (Phi) is 7.70. The number of hydrogen-bond acceptors (Lipinski definition) is 5. The Balaban J connectivity index is 1.44. The molecule has 12 heteroatoms. The van der Waals surface area contributed by atoms with Crippen LogP contribution in [0.25, 0.3) is 11.3 Å². The summed E-state index contributed by atoms with van der Waals surface area (Å²) >= 11 is 0. The first-order chi connectivity index (χ1) is 20.3. The van der Waals surface area contributed by atoms with E-state index in [0.717, 1.165) is 17.7 Å². The number of urea groups is 1. The summed E-state index contributed by atoms with van der Waals surface area (Å²) in [5.74, 6) is -0.121. The molecular formula is C31H29F3N6O3. The number of aryl methyl sites for hydroxylation is 1. The summed E-state index contributed by atoms with van der Waals surface area (Å²) in [5, 5.41) is 3.03. The molecular weight excluding hydrogens is 561 g/mol. The van der Waals surface area contributed by atoms with Crippen molar-refractivity contribution in [3.8, 4) is 11.3 Å². The lowest BCUT2D eigenvalue weighted by Crippen LogP contribution is -2.32. The molecule has 0 radical (unpaired) electrons. The van der Waals surface area contributed by atoms with Crippen LogP contribution in [-0.2, 0) is 13.2 Å². The van der Waals surface area contributed by atoms with Crippen LogP contribution in [0.15, 0.2) is 77.7 Å². The Morgan fingerprint density at radius 2 is 1.63 bits per heavy atom. The monoisotopic (exact) mass is 590 g/mol. The van der Waals surface area contributed by atoms with Crippen LogP contribution in [-0.4, -0.2) is 53.6 Å². The number of benzene rings is 3. The fraction of sp³-hybridized carbons (Fsp3) is 0.226. The molecule has 3 amide bonds. The fourth-order valence-electron chi connectivity index (χ4n) is 4.97. The Labute approximate surface area is 245 Å². The zero-order chi connectivity index (χ0) is 31.1.